The highest BCUT2D eigenvalue weighted by molar-refractivity contribution is 7.99. The molecule has 2 aliphatic rings. The molecule has 1 aromatic rings. The fourth-order valence-corrected chi connectivity index (χ4v) is 4.80. The van der Waals surface area contributed by atoms with Gasteiger partial charge in [0, 0.05) is 35.3 Å². The number of hydrogen-bond acceptors (Lipinski definition) is 3. The van der Waals surface area contributed by atoms with Gasteiger partial charge in [-0.1, -0.05) is 25.1 Å². The fourth-order valence-electron chi connectivity index (χ4n) is 3.89. The van der Waals surface area contributed by atoms with Crippen molar-refractivity contribution in [2.75, 3.05) is 18.8 Å². The molecule has 3 rings (SSSR count). The number of fused-ring (bicyclic) bond motifs is 2. The lowest BCUT2D eigenvalue weighted by molar-refractivity contribution is 0.149. The summed E-state index contributed by atoms with van der Waals surface area (Å²) in [7, 11) is 0. The van der Waals surface area contributed by atoms with Crippen LogP contribution >= 0.6 is 11.8 Å². The standard InChI is InChI=1S/C18H28N2S/c1-2-10-20(11-12-21-18-6-4-3-5-7-18)17-13-15-8-9-16(14-17)19-15/h3-7,15-17,19H,2,8-14H2,1H3. The molecule has 0 amide bonds. The van der Waals surface area contributed by atoms with E-state index in [1.165, 1.54) is 55.8 Å². The number of thioether (sulfide) groups is 1. The van der Waals surface area contributed by atoms with Crippen molar-refractivity contribution < 1.29 is 0 Å². The summed E-state index contributed by atoms with van der Waals surface area (Å²) in [5.74, 6) is 1.21. The van der Waals surface area contributed by atoms with Crippen LogP contribution in [0.5, 0.6) is 0 Å². The van der Waals surface area contributed by atoms with Crippen LogP contribution in [0.15, 0.2) is 35.2 Å². The predicted octanol–water partition coefficient (Wildman–Crippen LogP) is 3.77. The number of hydrogen-bond donors (Lipinski definition) is 1. The second kappa shape index (κ2) is 7.66. The summed E-state index contributed by atoms with van der Waals surface area (Å²) in [5.41, 5.74) is 0. The Labute approximate surface area is 133 Å². The zero-order valence-corrected chi connectivity index (χ0v) is 13.9. The van der Waals surface area contributed by atoms with Crippen molar-refractivity contribution in [3.63, 3.8) is 0 Å². The molecule has 2 nitrogen and oxygen atoms in total. The molecule has 0 saturated carbocycles. The zero-order chi connectivity index (χ0) is 14.5. The van der Waals surface area contributed by atoms with E-state index in [4.69, 9.17) is 0 Å². The maximum Gasteiger partial charge on any atom is 0.0125 e. The molecule has 1 N–H and O–H groups in total. The van der Waals surface area contributed by atoms with E-state index in [-0.39, 0.29) is 0 Å². The highest BCUT2D eigenvalue weighted by atomic mass is 32.2. The van der Waals surface area contributed by atoms with Gasteiger partial charge in [-0.2, -0.15) is 0 Å². The topological polar surface area (TPSA) is 15.3 Å². The third-order valence-corrected chi connectivity index (χ3v) is 5.86. The first-order valence-corrected chi connectivity index (χ1v) is 9.51. The Kier molecular flexibility index (Phi) is 5.61. The first kappa shape index (κ1) is 15.4. The van der Waals surface area contributed by atoms with Gasteiger partial charge in [-0.15, -0.1) is 11.8 Å². The molecule has 1 aromatic carbocycles. The molecule has 0 aliphatic carbocycles. The Morgan fingerprint density at radius 2 is 1.81 bits per heavy atom. The van der Waals surface area contributed by atoms with E-state index in [0.717, 1.165) is 18.1 Å². The molecule has 2 heterocycles. The maximum absolute atomic E-state index is 3.77. The number of nitrogens with zero attached hydrogens (tertiary/aromatic N) is 1. The first-order valence-electron chi connectivity index (χ1n) is 8.53. The summed E-state index contributed by atoms with van der Waals surface area (Å²) in [5, 5.41) is 3.77. The number of piperidine rings is 1. The maximum atomic E-state index is 3.77. The van der Waals surface area contributed by atoms with Crippen LogP contribution in [0.2, 0.25) is 0 Å². The minimum absolute atomic E-state index is 0.801. The summed E-state index contributed by atoms with van der Waals surface area (Å²) in [6.07, 6.45) is 6.81. The first-order chi connectivity index (χ1) is 10.3. The summed E-state index contributed by atoms with van der Waals surface area (Å²) in [6.45, 7) is 4.81. The van der Waals surface area contributed by atoms with Crippen LogP contribution in [0.3, 0.4) is 0 Å². The average Bonchev–Trinajstić information content (AvgIpc) is 2.86. The van der Waals surface area contributed by atoms with Gasteiger partial charge in [0.25, 0.3) is 0 Å². The number of benzene rings is 1. The number of nitrogens with one attached hydrogen (secondary N) is 1. The van der Waals surface area contributed by atoms with Gasteiger partial charge >= 0.3 is 0 Å². The summed E-state index contributed by atoms with van der Waals surface area (Å²) in [6, 6.07) is 13.2. The quantitative estimate of drug-likeness (QED) is 0.772. The summed E-state index contributed by atoms with van der Waals surface area (Å²) < 4.78 is 0. The minimum Gasteiger partial charge on any atom is -0.311 e. The van der Waals surface area contributed by atoms with E-state index >= 15 is 0 Å². The van der Waals surface area contributed by atoms with Crippen LogP contribution in [0.25, 0.3) is 0 Å². The van der Waals surface area contributed by atoms with Crippen molar-refractivity contribution >= 4 is 11.8 Å². The van der Waals surface area contributed by atoms with Crippen LogP contribution in [-0.2, 0) is 0 Å². The molecular formula is C18H28N2S. The average molecular weight is 305 g/mol. The van der Waals surface area contributed by atoms with Crippen LogP contribution in [0.1, 0.15) is 39.0 Å². The second-order valence-electron chi connectivity index (χ2n) is 6.46. The molecule has 2 fully saturated rings. The highest BCUT2D eigenvalue weighted by Crippen LogP contribution is 2.30. The lowest BCUT2D eigenvalue weighted by Crippen LogP contribution is -2.49. The van der Waals surface area contributed by atoms with E-state index in [1.807, 2.05) is 11.8 Å². The zero-order valence-electron chi connectivity index (χ0n) is 13.1. The van der Waals surface area contributed by atoms with Gasteiger partial charge in [-0.05, 0) is 50.8 Å². The molecule has 3 heteroatoms. The predicted molar refractivity (Wildman–Crippen MR) is 92.0 cm³/mol. The molecule has 0 radical (unpaired) electrons. The Hall–Kier alpha value is -0.510. The van der Waals surface area contributed by atoms with Gasteiger partial charge in [0.2, 0.25) is 0 Å². The van der Waals surface area contributed by atoms with E-state index < -0.39 is 0 Å². The lowest BCUT2D eigenvalue weighted by Gasteiger charge is -2.37. The molecule has 2 aliphatic heterocycles. The Morgan fingerprint density at radius 3 is 2.48 bits per heavy atom. The Balaban J connectivity index is 1.50. The molecule has 116 valence electrons. The SMILES string of the molecule is CCCN(CCSc1ccccc1)C1CC2CCC(C1)N2. The van der Waals surface area contributed by atoms with Crippen molar-refractivity contribution in [1.82, 2.24) is 10.2 Å². The molecule has 0 aromatic heterocycles. The molecule has 2 unspecified atom stereocenters. The smallest absolute Gasteiger partial charge is 0.0125 e. The van der Waals surface area contributed by atoms with Gasteiger partial charge in [-0.3, -0.25) is 4.90 Å². The van der Waals surface area contributed by atoms with Gasteiger partial charge in [-0.25, -0.2) is 0 Å². The normalized spacial score (nSPS) is 28.2. The van der Waals surface area contributed by atoms with Crippen molar-refractivity contribution in [2.45, 2.75) is 62.0 Å². The van der Waals surface area contributed by atoms with Crippen molar-refractivity contribution in [3.05, 3.63) is 30.3 Å². The molecule has 0 spiro atoms. The second-order valence-corrected chi connectivity index (χ2v) is 7.63. The van der Waals surface area contributed by atoms with Crippen LogP contribution in [-0.4, -0.2) is 41.9 Å². The third-order valence-electron chi connectivity index (χ3n) is 4.87. The Bertz CT molecular complexity index is 410. The molecule has 2 bridgehead atoms. The third kappa shape index (κ3) is 4.24. The number of rotatable bonds is 7. The lowest BCUT2D eigenvalue weighted by atomic mass is 9.98. The fraction of sp³-hybridized carbons (Fsp3) is 0.667. The van der Waals surface area contributed by atoms with E-state index in [0.29, 0.717) is 0 Å². The van der Waals surface area contributed by atoms with Gasteiger partial charge in [0.05, 0.1) is 0 Å². The van der Waals surface area contributed by atoms with E-state index in [2.05, 4.69) is 47.5 Å². The van der Waals surface area contributed by atoms with Crippen LogP contribution in [0, 0.1) is 0 Å². The van der Waals surface area contributed by atoms with Crippen molar-refractivity contribution in [2.24, 2.45) is 0 Å². The van der Waals surface area contributed by atoms with Gasteiger partial charge in [0.15, 0.2) is 0 Å². The monoisotopic (exact) mass is 304 g/mol. The van der Waals surface area contributed by atoms with Gasteiger partial charge < -0.3 is 5.32 Å². The Morgan fingerprint density at radius 1 is 1.10 bits per heavy atom. The van der Waals surface area contributed by atoms with Crippen molar-refractivity contribution in [3.8, 4) is 0 Å². The van der Waals surface area contributed by atoms with Crippen molar-refractivity contribution in [1.29, 1.82) is 0 Å². The molecule has 21 heavy (non-hydrogen) atoms. The molecule has 2 saturated heterocycles. The molecular weight excluding hydrogens is 276 g/mol. The van der Waals surface area contributed by atoms with Crippen LogP contribution in [0.4, 0.5) is 0 Å². The van der Waals surface area contributed by atoms with E-state index in [9.17, 15) is 0 Å². The molecule has 2 atom stereocenters. The minimum atomic E-state index is 0.801. The van der Waals surface area contributed by atoms with Gasteiger partial charge in [0.1, 0.15) is 0 Å². The summed E-state index contributed by atoms with van der Waals surface area (Å²) in [4.78, 5) is 4.17. The van der Waals surface area contributed by atoms with Crippen LogP contribution < -0.4 is 5.32 Å². The largest absolute Gasteiger partial charge is 0.311 e. The highest BCUT2D eigenvalue weighted by Gasteiger charge is 2.35. The van der Waals surface area contributed by atoms with E-state index in [1.54, 1.807) is 0 Å². The summed E-state index contributed by atoms with van der Waals surface area (Å²) >= 11 is 2.00.